The summed E-state index contributed by atoms with van der Waals surface area (Å²) in [6, 6.07) is 10.6. The Labute approximate surface area is 159 Å². The fraction of sp³-hybridized carbons (Fsp3) is 0.353. The van der Waals surface area contributed by atoms with Gasteiger partial charge < -0.3 is 15.4 Å². The molecule has 0 spiro atoms. The zero-order valence-electron chi connectivity index (χ0n) is 13.5. The molecule has 0 saturated carbocycles. The first-order valence-corrected chi connectivity index (χ1v) is 8.37. The summed E-state index contributed by atoms with van der Waals surface area (Å²) in [7, 11) is 1.79. The highest BCUT2D eigenvalue weighted by Crippen LogP contribution is 2.06. The molecule has 2 N–H and O–H groups in total. The van der Waals surface area contributed by atoms with Gasteiger partial charge in [0.2, 0.25) is 0 Å². The zero-order chi connectivity index (χ0) is 15.6. The minimum atomic E-state index is 0. The van der Waals surface area contributed by atoms with Crippen molar-refractivity contribution in [2.45, 2.75) is 26.6 Å². The maximum atomic E-state index is 5.40. The molecule has 0 aliphatic heterocycles. The first-order chi connectivity index (χ1) is 10.8. The van der Waals surface area contributed by atoms with E-state index >= 15 is 0 Å². The number of nitrogens with zero attached hydrogens (tertiary/aromatic N) is 1. The minimum Gasteiger partial charge on any atom is -0.377 e. The number of aliphatic imine (C=N–C) groups is 1. The lowest BCUT2D eigenvalue weighted by Crippen LogP contribution is -2.36. The van der Waals surface area contributed by atoms with Crippen LogP contribution in [0.25, 0.3) is 0 Å². The second kappa shape index (κ2) is 11.4. The Bertz CT molecular complexity index is 570. The first kappa shape index (κ1) is 19.9. The van der Waals surface area contributed by atoms with Crippen LogP contribution in [0.2, 0.25) is 0 Å². The van der Waals surface area contributed by atoms with Gasteiger partial charge >= 0.3 is 0 Å². The van der Waals surface area contributed by atoms with Gasteiger partial charge in [0, 0.05) is 26.7 Å². The van der Waals surface area contributed by atoms with Gasteiger partial charge in [-0.1, -0.05) is 24.3 Å². The summed E-state index contributed by atoms with van der Waals surface area (Å²) >= 11 is 1.71. The van der Waals surface area contributed by atoms with Crippen LogP contribution in [0, 0.1) is 0 Å². The molecule has 0 fully saturated rings. The topological polar surface area (TPSA) is 45.6 Å². The van der Waals surface area contributed by atoms with Crippen molar-refractivity contribution in [1.82, 2.24) is 10.6 Å². The Morgan fingerprint density at radius 3 is 2.26 bits per heavy atom. The van der Waals surface area contributed by atoms with Crippen LogP contribution in [0.15, 0.2) is 46.1 Å². The number of rotatable bonds is 7. The third kappa shape index (κ3) is 7.32. The molecule has 0 bridgehead atoms. The fourth-order valence-electron chi connectivity index (χ4n) is 1.96. The highest BCUT2D eigenvalue weighted by atomic mass is 127. The molecule has 1 aromatic heterocycles. The van der Waals surface area contributed by atoms with Crippen LogP contribution in [0.1, 0.15) is 23.6 Å². The van der Waals surface area contributed by atoms with Crippen molar-refractivity contribution in [2.75, 3.05) is 13.7 Å². The van der Waals surface area contributed by atoms with E-state index in [0.29, 0.717) is 6.61 Å². The van der Waals surface area contributed by atoms with Crippen LogP contribution < -0.4 is 10.6 Å². The van der Waals surface area contributed by atoms with E-state index in [4.69, 9.17) is 4.74 Å². The van der Waals surface area contributed by atoms with Gasteiger partial charge in [-0.05, 0) is 40.4 Å². The number of nitrogens with one attached hydrogen (secondary N) is 2. The molecule has 2 rings (SSSR count). The van der Waals surface area contributed by atoms with Crippen molar-refractivity contribution >= 4 is 41.3 Å². The van der Waals surface area contributed by atoms with Gasteiger partial charge in [-0.15, -0.1) is 24.0 Å². The predicted octanol–water partition coefficient (Wildman–Crippen LogP) is 3.77. The van der Waals surface area contributed by atoms with Gasteiger partial charge in [0.1, 0.15) is 0 Å². The van der Waals surface area contributed by atoms with Gasteiger partial charge in [0.25, 0.3) is 0 Å². The van der Waals surface area contributed by atoms with E-state index in [-0.39, 0.29) is 24.0 Å². The zero-order valence-corrected chi connectivity index (χ0v) is 16.7. The van der Waals surface area contributed by atoms with Gasteiger partial charge in [-0.2, -0.15) is 11.3 Å². The Morgan fingerprint density at radius 2 is 1.70 bits per heavy atom. The molecular formula is C17H24IN3OS. The second-order valence-corrected chi connectivity index (χ2v) is 5.64. The summed E-state index contributed by atoms with van der Waals surface area (Å²) in [4.78, 5) is 4.24. The quantitative estimate of drug-likeness (QED) is 0.388. The predicted molar refractivity (Wildman–Crippen MR) is 109 cm³/mol. The lowest BCUT2D eigenvalue weighted by molar-refractivity contribution is 0.134. The minimum absolute atomic E-state index is 0. The molecule has 0 radical (unpaired) electrons. The SMILES string of the molecule is CCOCc1ccc(CNC(=NC)NCc2ccsc2)cc1.I. The first-order valence-electron chi connectivity index (χ1n) is 7.43. The van der Waals surface area contributed by atoms with Gasteiger partial charge in [0.15, 0.2) is 5.96 Å². The summed E-state index contributed by atoms with van der Waals surface area (Å²) in [5, 5.41) is 10.8. The Kier molecular flexibility index (Phi) is 9.89. The van der Waals surface area contributed by atoms with Crippen LogP contribution in [-0.2, 0) is 24.4 Å². The van der Waals surface area contributed by atoms with Gasteiger partial charge in [-0.25, -0.2) is 0 Å². The third-order valence-electron chi connectivity index (χ3n) is 3.22. The molecule has 6 heteroatoms. The highest BCUT2D eigenvalue weighted by Gasteiger charge is 2.00. The average molecular weight is 445 g/mol. The number of halogens is 1. The smallest absolute Gasteiger partial charge is 0.191 e. The monoisotopic (exact) mass is 445 g/mol. The molecule has 0 unspecified atom stereocenters. The van der Waals surface area contributed by atoms with Crippen molar-refractivity contribution in [3.8, 4) is 0 Å². The molecular weight excluding hydrogens is 421 g/mol. The summed E-state index contributed by atoms with van der Waals surface area (Å²) in [6.07, 6.45) is 0. The molecule has 0 aliphatic carbocycles. The number of thiophene rings is 1. The highest BCUT2D eigenvalue weighted by molar-refractivity contribution is 14.0. The average Bonchev–Trinajstić information content (AvgIpc) is 3.07. The summed E-state index contributed by atoms with van der Waals surface area (Å²) < 4.78 is 5.40. The molecule has 0 amide bonds. The summed E-state index contributed by atoms with van der Waals surface area (Å²) in [5.74, 6) is 0.810. The number of hydrogen-bond donors (Lipinski definition) is 2. The maximum Gasteiger partial charge on any atom is 0.191 e. The van der Waals surface area contributed by atoms with Crippen molar-refractivity contribution < 1.29 is 4.74 Å². The Balaban J connectivity index is 0.00000264. The lowest BCUT2D eigenvalue weighted by atomic mass is 10.1. The maximum absolute atomic E-state index is 5.40. The van der Waals surface area contributed by atoms with E-state index in [2.05, 4.69) is 56.7 Å². The van der Waals surface area contributed by atoms with E-state index < -0.39 is 0 Å². The van der Waals surface area contributed by atoms with Crippen LogP contribution in [0.3, 0.4) is 0 Å². The number of ether oxygens (including phenoxy) is 1. The van der Waals surface area contributed by atoms with Gasteiger partial charge in [-0.3, -0.25) is 4.99 Å². The van der Waals surface area contributed by atoms with Crippen molar-refractivity contribution in [3.05, 3.63) is 57.8 Å². The largest absolute Gasteiger partial charge is 0.377 e. The molecule has 1 heterocycles. The van der Waals surface area contributed by atoms with E-state index in [9.17, 15) is 0 Å². The standard InChI is InChI=1S/C17H23N3OS.HI/c1-3-21-12-15-6-4-14(5-7-15)10-19-17(18-2)20-11-16-8-9-22-13-16;/h4-9,13H,3,10-12H2,1-2H3,(H2,18,19,20);1H. The van der Waals surface area contributed by atoms with Crippen molar-refractivity contribution in [3.63, 3.8) is 0 Å². The lowest BCUT2D eigenvalue weighted by Gasteiger charge is -2.11. The van der Waals surface area contributed by atoms with E-state index in [1.54, 1.807) is 18.4 Å². The second-order valence-electron chi connectivity index (χ2n) is 4.86. The third-order valence-corrected chi connectivity index (χ3v) is 3.95. The number of benzene rings is 1. The van der Waals surface area contributed by atoms with Crippen LogP contribution in [-0.4, -0.2) is 19.6 Å². The van der Waals surface area contributed by atoms with Crippen LogP contribution in [0.5, 0.6) is 0 Å². The van der Waals surface area contributed by atoms with Crippen molar-refractivity contribution in [2.24, 2.45) is 4.99 Å². The summed E-state index contributed by atoms with van der Waals surface area (Å²) in [6.45, 7) is 4.96. The molecule has 0 saturated heterocycles. The van der Waals surface area contributed by atoms with E-state index in [0.717, 1.165) is 25.7 Å². The van der Waals surface area contributed by atoms with E-state index in [1.165, 1.54) is 16.7 Å². The molecule has 4 nitrogen and oxygen atoms in total. The molecule has 0 aliphatic rings. The Hall–Kier alpha value is -1.12. The molecule has 23 heavy (non-hydrogen) atoms. The normalized spacial score (nSPS) is 11.0. The van der Waals surface area contributed by atoms with E-state index in [1.807, 2.05) is 6.92 Å². The van der Waals surface area contributed by atoms with Crippen molar-refractivity contribution in [1.29, 1.82) is 0 Å². The van der Waals surface area contributed by atoms with Crippen LogP contribution >= 0.6 is 35.3 Å². The number of guanidine groups is 1. The molecule has 126 valence electrons. The molecule has 0 atom stereocenters. The Morgan fingerprint density at radius 1 is 1.04 bits per heavy atom. The van der Waals surface area contributed by atoms with Crippen LogP contribution in [0.4, 0.5) is 0 Å². The fourth-order valence-corrected chi connectivity index (χ4v) is 2.63. The molecule has 1 aromatic carbocycles. The number of hydrogen-bond acceptors (Lipinski definition) is 3. The molecule has 2 aromatic rings. The van der Waals surface area contributed by atoms with Gasteiger partial charge in [0.05, 0.1) is 6.61 Å². The summed E-state index contributed by atoms with van der Waals surface area (Å²) in [5.41, 5.74) is 3.69.